The molecular weight excluding hydrogens is 340 g/mol. The fourth-order valence-corrected chi connectivity index (χ4v) is 2.45. The molecule has 0 aromatic heterocycles. The molecule has 0 atom stereocenters. The lowest BCUT2D eigenvalue weighted by Crippen LogP contribution is -2.25. The molecule has 0 unspecified atom stereocenters. The van der Waals surface area contributed by atoms with E-state index in [0.717, 1.165) is 6.07 Å². The molecule has 0 aliphatic heterocycles. The minimum Gasteiger partial charge on any atom is -0.490 e. The Morgan fingerprint density at radius 2 is 1.69 bits per heavy atom. The van der Waals surface area contributed by atoms with Crippen molar-refractivity contribution in [3.05, 3.63) is 59.7 Å². The van der Waals surface area contributed by atoms with E-state index in [0.29, 0.717) is 56.1 Å². The molecule has 4 nitrogen and oxygen atoms in total. The maximum atomic E-state index is 13.1. The van der Waals surface area contributed by atoms with Gasteiger partial charge in [-0.05, 0) is 49.6 Å². The molecule has 0 radical (unpaired) electrons. The van der Waals surface area contributed by atoms with Crippen LogP contribution in [0, 0.1) is 11.6 Å². The van der Waals surface area contributed by atoms with Crippen LogP contribution in [0.15, 0.2) is 42.5 Å². The molecule has 0 fully saturated rings. The lowest BCUT2D eigenvalue weighted by Gasteiger charge is -2.11. The van der Waals surface area contributed by atoms with Gasteiger partial charge in [0.2, 0.25) is 5.91 Å². The van der Waals surface area contributed by atoms with E-state index in [1.165, 1.54) is 12.1 Å². The quantitative estimate of drug-likeness (QED) is 0.652. The number of carbonyl (C=O) groups excluding carboxylic acids is 1. The number of para-hydroxylation sites is 2. The van der Waals surface area contributed by atoms with Gasteiger partial charge in [0, 0.05) is 19.0 Å². The van der Waals surface area contributed by atoms with E-state index in [-0.39, 0.29) is 5.91 Å². The topological polar surface area (TPSA) is 47.6 Å². The summed E-state index contributed by atoms with van der Waals surface area (Å²) in [6, 6.07) is 10.7. The average molecular weight is 363 g/mol. The van der Waals surface area contributed by atoms with E-state index in [2.05, 4.69) is 5.32 Å². The largest absolute Gasteiger partial charge is 0.490 e. The van der Waals surface area contributed by atoms with Crippen LogP contribution < -0.4 is 14.8 Å². The molecule has 0 spiro atoms. The van der Waals surface area contributed by atoms with Crippen LogP contribution in [0.2, 0.25) is 0 Å². The van der Waals surface area contributed by atoms with Crippen LogP contribution in [-0.4, -0.2) is 25.7 Å². The number of nitrogens with one attached hydrogen (secondary N) is 1. The second-order valence-electron chi connectivity index (χ2n) is 5.71. The van der Waals surface area contributed by atoms with Crippen molar-refractivity contribution in [2.75, 3.05) is 19.8 Å². The van der Waals surface area contributed by atoms with Crippen LogP contribution in [0.4, 0.5) is 8.78 Å². The molecule has 1 amide bonds. The molecule has 6 heteroatoms. The van der Waals surface area contributed by atoms with Crippen LogP contribution in [0.25, 0.3) is 0 Å². The fourth-order valence-electron chi connectivity index (χ4n) is 2.45. The highest BCUT2D eigenvalue weighted by atomic mass is 19.1. The Labute approximate surface area is 152 Å². The fraction of sp³-hybridized carbons (Fsp3) is 0.350. The van der Waals surface area contributed by atoms with Gasteiger partial charge in [-0.1, -0.05) is 12.1 Å². The number of halogens is 2. The van der Waals surface area contributed by atoms with E-state index in [4.69, 9.17) is 9.47 Å². The lowest BCUT2D eigenvalue weighted by molar-refractivity contribution is -0.121. The zero-order valence-corrected chi connectivity index (χ0v) is 14.8. The molecule has 0 heterocycles. The Morgan fingerprint density at radius 3 is 2.35 bits per heavy atom. The van der Waals surface area contributed by atoms with Crippen LogP contribution in [0.5, 0.6) is 11.5 Å². The zero-order valence-electron chi connectivity index (χ0n) is 14.8. The predicted molar refractivity (Wildman–Crippen MR) is 95.4 cm³/mol. The molecule has 0 bridgehead atoms. The summed E-state index contributed by atoms with van der Waals surface area (Å²) in [5.74, 6) is -0.0140. The van der Waals surface area contributed by atoms with Crippen molar-refractivity contribution in [1.82, 2.24) is 5.32 Å². The monoisotopic (exact) mass is 363 g/mol. The zero-order chi connectivity index (χ0) is 18.8. The van der Waals surface area contributed by atoms with Crippen LogP contribution in [-0.2, 0) is 11.2 Å². The summed E-state index contributed by atoms with van der Waals surface area (Å²) in [6.07, 6.45) is 1.24. The van der Waals surface area contributed by atoms with Gasteiger partial charge in [-0.2, -0.15) is 0 Å². The first-order valence-corrected chi connectivity index (χ1v) is 8.64. The minimum absolute atomic E-state index is 0.122. The SMILES string of the molecule is CCOc1ccccc1OCCCC(=O)NCCc1cc(F)cc(F)c1. The van der Waals surface area contributed by atoms with Crippen LogP contribution >= 0.6 is 0 Å². The third-order valence-electron chi connectivity index (χ3n) is 3.61. The van der Waals surface area contributed by atoms with E-state index < -0.39 is 11.6 Å². The molecule has 0 aliphatic rings. The van der Waals surface area contributed by atoms with Gasteiger partial charge in [0.05, 0.1) is 13.2 Å². The molecule has 0 aliphatic carbocycles. The van der Waals surface area contributed by atoms with Gasteiger partial charge < -0.3 is 14.8 Å². The maximum absolute atomic E-state index is 13.1. The molecular formula is C20H23F2NO3. The van der Waals surface area contributed by atoms with Gasteiger partial charge in [-0.25, -0.2) is 8.78 Å². The first kappa shape index (κ1) is 19.7. The van der Waals surface area contributed by atoms with E-state index >= 15 is 0 Å². The molecule has 2 aromatic carbocycles. The van der Waals surface area contributed by atoms with Crippen molar-refractivity contribution >= 4 is 5.91 Å². The van der Waals surface area contributed by atoms with Crippen molar-refractivity contribution in [2.24, 2.45) is 0 Å². The van der Waals surface area contributed by atoms with E-state index in [1.54, 1.807) is 0 Å². The van der Waals surface area contributed by atoms with Crippen LogP contribution in [0.3, 0.4) is 0 Å². The van der Waals surface area contributed by atoms with Gasteiger partial charge in [0.25, 0.3) is 0 Å². The van der Waals surface area contributed by atoms with Gasteiger partial charge in [-0.3, -0.25) is 4.79 Å². The maximum Gasteiger partial charge on any atom is 0.220 e. The third kappa shape index (κ3) is 6.70. The number of hydrogen-bond acceptors (Lipinski definition) is 3. The van der Waals surface area contributed by atoms with Gasteiger partial charge in [0.15, 0.2) is 11.5 Å². The second-order valence-corrected chi connectivity index (χ2v) is 5.71. The Morgan fingerprint density at radius 1 is 1.04 bits per heavy atom. The van der Waals surface area contributed by atoms with Crippen molar-refractivity contribution in [3.63, 3.8) is 0 Å². The Hall–Kier alpha value is -2.63. The minimum atomic E-state index is -0.615. The summed E-state index contributed by atoms with van der Waals surface area (Å²) in [5, 5.41) is 2.74. The molecule has 2 rings (SSSR count). The molecule has 140 valence electrons. The molecule has 1 N–H and O–H groups in total. The smallest absolute Gasteiger partial charge is 0.220 e. The predicted octanol–water partition coefficient (Wildman–Crippen LogP) is 3.88. The van der Waals surface area contributed by atoms with Crippen LogP contribution in [0.1, 0.15) is 25.3 Å². The number of benzene rings is 2. The van der Waals surface area contributed by atoms with Gasteiger partial charge in [-0.15, -0.1) is 0 Å². The normalized spacial score (nSPS) is 10.4. The molecule has 26 heavy (non-hydrogen) atoms. The van der Waals surface area contributed by atoms with Crippen molar-refractivity contribution in [1.29, 1.82) is 0 Å². The summed E-state index contributed by atoms with van der Waals surface area (Å²) in [5.41, 5.74) is 0.513. The highest BCUT2D eigenvalue weighted by Crippen LogP contribution is 2.26. The van der Waals surface area contributed by atoms with Crippen molar-refractivity contribution in [3.8, 4) is 11.5 Å². The number of ether oxygens (including phenoxy) is 2. The summed E-state index contributed by atoms with van der Waals surface area (Å²) < 4.78 is 37.3. The Balaban J connectivity index is 1.65. The first-order valence-electron chi connectivity index (χ1n) is 8.64. The van der Waals surface area contributed by atoms with Gasteiger partial charge in [0.1, 0.15) is 11.6 Å². The summed E-state index contributed by atoms with van der Waals surface area (Å²) in [7, 11) is 0. The molecule has 0 saturated carbocycles. The number of carbonyl (C=O) groups is 1. The first-order chi connectivity index (χ1) is 12.6. The molecule has 2 aromatic rings. The number of amides is 1. The Kier molecular flexibility index (Phi) is 7.86. The average Bonchev–Trinajstić information content (AvgIpc) is 2.59. The van der Waals surface area contributed by atoms with Gasteiger partial charge >= 0.3 is 0 Å². The van der Waals surface area contributed by atoms with E-state index in [9.17, 15) is 13.6 Å². The number of rotatable bonds is 10. The second kappa shape index (κ2) is 10.4. The lowest BCUT2D eigenvalue weighted by atomic mass is 10.1. The Bertz CT molecular complexity index is 702. The summed E-state index contributed by atoms with van der Waals surface area (Å²) in [4.78, 5) is 11.8. The highest BCUT2D eigenvalue weighted by Gasteiger charge is 2.06. The van der Waals surface area contributed by atoms with Crippen molar-refractivity contribution < 1.29 is 23.0 Å². The number of hydrogen-bond donors (Lipinski definition) is 1. The summed E-state index contributed by atoms with van der Waals surface area (Å²) >= 11 is 0. The van der Waals surface area contributed by atoms with Crippen molar-refractivity contribution in [2.45, 2.75) is 26.2 Å². The summed E-state index contributed by atoms with van der Waals surface area (Å²) in [6.45, 7) is 3.18. The molecule has 0 saturated heterocycles. The standard InChI is InChI=1S/C20H23F2NO3/c1-2-25-18-6-3-4-7-19(18)26-11-5-8-20(24)23-10-9-15-12-16(21)14-17(22)13-15/h3-4,6-7,12-14H,2,5,8-11H2,1H3,(H,23,24). The van der Waals surface area contributed by atoms with E-state index in [1.807, 2.05) is 31.2 Å². The highest BCUT2D eigenvalue weighted by molar-refractivity contribution is 5.75. The third-order valence-corrected chi connectivity index (χ3v) is 3.61.